The average molecular weight is 270 g/mol. The molecule has 0 aliphatic heterocycles. The van der Waals surface area contributed by atoms with Crippen LogP contribution in [0.25, 0.3) is 0 Å². The lowest BCUT2D eigenvalue weighted by atomic mass is 9.99. The number of aliphatic hydroxyl groups excluding tert-OH is 1. The van der Waals surface area contributed by atoms with Crippen molar-refractivity contribution in [2.75, 3.05) is 7.11 Å². The second kappa shape index (κ2) is 7.22. The average Bonchev–Trinajstić information content (AvgIpc) is 2.49. The summed E-state index contributed by atoms with van der Waals surface area (Å²) in [5, 5.41) is 10.3. The molecule has 2 heteroatoms. The summed E-state index contributed by atoms with van der Waals surface area (Å²) >= 11 is 0. The number of methoxy groups -OCH3 is 1. The lowest BCUT2D eigenvalue weighted by Crippen LogP contribution is -2.02. The zero-order valence-corrected chi connectivity index (χ0v) is 12.2. The maximum Gasteiger partial charge on any atom is 0.0830 e. The Morgan fingerprint density at radius 2 is 1.45 bits per heavy atom. The molecule has 0 amide bonds. The normalized spacial score (nSPS) is 12.3. The summed E-state index contributed by atoms with van der Waals surface area (Å²) in [7, 11) is 1.68. The molecule has 0 saturated carbocycles. The van der Waals surface area contributed by atoms with Gasteiger partial charge in [-0.3, -0.25) is 0 Å². The fraction of sp³-hybridized carbons (Fsp3) is 0.333. The first-order chi connectivity index (χ1) is 9.72. The predicted octanol–water partition coefficient (Wildman–Crippen LogP) is 3.67. The molecule has 0 saturated heterocycles. The monoisotopic (exact) mass is 270 g/mol. The molecule has 2 rings (SSSR count). The first-order valence-corrected chi connectivity index (χ1v) is 7.06. The molecule has 1 N–H and O–H groups in total. The molecule has 2 aromatic carbocycles. The minimum absolute atomic E-state index is 0.459. The second-order valence-electron chi connectivity index (χ2n) is 5.06. The molecule has 106 valence electrons. The van der Waals surface area contributed by atoms with Crippen LogP contribution in [0.4, 0.5) is 0 Å². The highest BCUT2D eigenvalue weighted by molar-refractivity contribution is 5.27. The SMILES string of the molecule is CCc1ccc(CC(O)c2ccc(COC)cc2)cc1. The maximum atomic E-state index is 10.3. The lowest BCUT2D eigenvalue weighted by Gasteiger charge is -2.12. The van der Waals surface area contributed by atoms with Crippen LogP contribution in [-0.2, 0) is 24.2 Å². The van der Waals surface area contributed by atoms with Crippen molar-refractivity contribution in [2.45, 2.75) is 32.5 Å². The Kier molecular flexibility index (Phi) is 5.33. The van der Waals surface area contributed by atoms with Gasteiger partial charge in [-0.05, 0) is 28.7 Å². The summed E-state index contributed by atoms with van der Waals surface area (Å²) in [5.74, 6) is 0. The Balaban J connectivity index is 2.01. The highest BCUT2D eigenvalue weighted by Crippen LogP contribution is 2.19. The molecule has 1 unspecified atom stereocenters. The van der Waals surface area contributed by atoms with E-state index in [1.54, 1.807) is 7.11 Å². The smallest absolute Gasteiger partial charge is 0.0830 e. The molecule has 0 radical (unpaired) electrons. The van der Waals surface area contributed by atoms with E-state index in [2.05, 4.69) is 31.2 Å². The van der Waals surface area contributed by atoms with E-state index < -0.39 is 6.10 Å². The van der Waals surface area contributed by atoms with Gasteiger partial charge >= 0.3 is 0 Å². The van der Waals surface area contributed by atoms with E-state index in [4.69, 9.17) is 4.74 Å². The molecular formula is C18H22O2. The summed E-state index contributed by atoms with van der Waals surface area (Å²) < 4.78 is 5.08. The number of aliphatic hydroxyl groups is 1. The Morgan fingerprint density at radius 3 is 2.00 bits per heavy atom. The molecule has 0 fully saturated rings. The van der Waals surface area contributed by atoms with Gasteiger partial charge in [0, 0.05) is 13.5 Å². The number of rotatable bonds is 6. The van der Waals surface area contributed by atoms with Crippen LogP contribution < -0.4 is 0 Å². The topological polar surface area (TPSA) is 29.5 Å². The van der Waals surface area contributed by atoms with Crippen molar-refractivity contribution >= 4 is 0 Å². The van der Waals surface area contributed by atoms with Gasteiger partial charge in [-0.2, -0.15) is 0 Å². The summed E-state index contributed by atoms with van der Waals surface area (Å²) in [6, 6.07) is 16.4. The van der Waals surface area contributed by atoms with Crippen molar-refractivity contribution in [3.63, 3.8) is 0 Å². The number of benzene rings is 2. The largest absolute Gasteiger partial charge is 0.388 e. The Labute approximate surface area is 121 Å². The Hall–Kier alpha value is -1.64. The van der Waals surface area contributed by atoms with Crippen molar-refractivity contribution in [3.05, 3.63) is 70.8 Å². The lowest BCUT2D eigenvalue weighted by molar-refractivity contribution is 0.177. The van der Waals surface area contributed by atoms with Crippen LogP contribution >= 0.6 is 0 Å². The predicted molar refractivity (Wildman–Crippen MR) is 81.6 cm³/mol. The van der Waals surface area contributed by atoms with Crippen molar-refractivity contribution < 1.29 is 9.84 Å². The van der Waals surface area contributed by atoms with E-state index in [1.165, 1.54) is 5.56 Å². The Morgan fingerprint density at radius 1 is 0.900 bits per heavy atom. The van der Waals surface area contributed by atoms with Crippen LogP contribution in [0, 0.1) is 0 Å². The molecule has 2 aromatic rings. The van der Waals surface area contributed by atoms with Gasteiger partial charge in [0.25, 0.3) is 0 Å². The van der Waals surface area contributed by atoms with E-state index in [9.17, 15) is 5.11 Å². The minimum Gasteiger partial charge on any atom is -0.388 e. The summed E-state index contributed by atoms with van der Waals surface area (Å²) in [6.07, 6.45) is 1.23. The van der Waals surface area contributed by atoms with E-state index in [1.807, 2.05) is 24.3 Å². The van der Waals surface area contributed by atoms with E-state index in [0.29, 0.717) is 13.0 Å². The third kappa shape index (κ3) is 3.92. The van der Waals surface area contributed by atoms with Crippen LogP contribution in [0.3, 0.4) is 0 Å². The quantitative estimate of drug-likeness (QED) is 0.867. The van der Waals surface area contributed by atoms with Crippen molar-refractivity contribution in [1.29, 1.82) is 0 Å². The van der Waals surface area contributed by atoms with E-state index >= 15 is 0 Å². The molecule has 20 heavy (non-hydrogen) atoms. The van der Waals surface area contributed by atoms with Crippen LogP contribution in [0.1, 0.15) is 35.3 Å². The van der Waals surface area contributed by atoms with Gasteiger partial charge in [-0.25, -0.2) is 0 Å². The third-order valence-electron chi connectivity index (χ3n) is 3.54. The van der Waals surface area contributed by atoms with Gasteiger partial charge in [0.1, 0.15) is 0 Å². The molecule has 0 heterocycles. The molecule has 0 aliphatic carbocycles. The molecular weight excluding hydrogens is 248 g/mol. The van der Waals surface area contributed by atoms with Gasteiger partial charge < -0.3 is 9.84 Å². The number of hydrogen-bond donors (Lipinski definition) is 1. The highest BCUT2D eigenvalue weighted by Gasteiger charge is 2.08. The number of aryl methyl sites for hydroxylation is 1. The molecule has 0 spiro atoms. The minimum atomic E-state index is -0.459. The van der Waals surface area contributed by atoms with Gasteiger partial charge in [0.15, 0.2) is 0 Å². The summed E-state index contributed by atoms with van der Waals surface area (Å²) in [4.78, 5) is 0. The number of hydrogen-bond acceptors (Lipinski definition) is 2. The Bertz CT molecular complexity index is 514. The van der Waals surface area contributed by atoms with Crippen molar-refractivity contribution in [2.24, 2.45) is 0 Å². The fourth-order valence-electron chi connectivity index (χ4n) is 2.25. The van der Waals surface area contributed by atoms with Gasteiger partial charge in [-0.15, -0.1) is 0 Å². The zero-order valence-electron chi connectivity index (χ0n) is 12.2. The molecule has 0 aromatic heterocycles. The van der Waals surface area contributed by atoms with Gasteiger partial charge in [0.2, 0.25) is 0 Å². The third-order valence-corrected chi connectivity index (χ3v) is 3.54. The van der Waals surface area contributed by atoms with Crippen molar-refractivity contribution in [3.8, 4) is 0 Å². The standard InChI is InChI=1S/C18H22O2/c1-3-14-4-6-15(7-5-14)12-18(19)17-10-8-16(9-11-17)13-20-2/h4-11,18-19H,3,12-13H2,1-2H3. The highest BCUT2D eigenvalue weighted by atomic mass is 16.5. The first kappa shape index (κ1) is 14.8. The van der Waals surface area contributed by atoms with E-state index in [0.717, 1.165) is 23.1 Å². The molecule has 1 atom stereocenters. The zero-order chi connectivity index (χ0) is 14.4. The summed E-state index contributed by atoms with van der Waals surface area (Å²) in [5.41, 5.74) is 4.56. The van der Waals surface area contributed by atoms with Crippen LogP contribution in [0.2, 0.25) is 0 Å². The summed E-state index contributed by atoms with van der Waals surface area (Å²) in [6.45, 7) is 2.75. The molecule has 0 aliphatic rings. The van der Waals surface area contributed by atoms with Gasteiger partial charge in [0.05, 0.1) is 12.7 Å². The first-order valence-electron chi connectivity index (χ1n) is 7.06. The number of ether oxygens (including phenoxy) is 1. The van der Waals surface area contributed by atoms with E-state index in [-0.39, 0.29) is 0 Å². The van der Waals surface area contributed by atoms with Crippen LogP contribution in [0.15, 0.2) is 48.5 Å². The maximum absolute atomic E-state index is 10.3. The fourth-order valence-corrected chi connectivity index (χ4v) is 2.25. The van der Waals surface area contributed by atoms with Gasteiger partial charge in [-0.1, -0.05) is 55.5 Å². The van der Waals surface area contributed by atoms with Crippen LogP contribution in [-0.4, -0.2) is 12.2 Å². The molecule has 2 nitrogen and oxygen atoms in total. The molecule has 0 bridgehead atoms. The second-order valence-corrected chi connectivity index (χ2v) is 5.06. The van der Waals surface area contributed by atoms with Crippen LogP contribution in [0.5, 0.6) is 0 Å². The van der Waals surface area contributed by atoms with Crippen molar-refractivity contribution in [1.82, 2.24) is 0 Å².